The minimum Gasteiger partial charge on any atom is -0.505 e. The Hall–Kier alpha value is -1.29. The number of phenols is 1. The molecule has 3 N–H and O–H groups in total. The average molecular weight is 253 g/mol. The molecule has 0 bridgehead atoms. The van der Waals surface area contributed by atoms with Crippen LogP contribution in [0.2, 0.25) is 0 Å². The van der Waals surface area contributed by atoms with Crippen LogP contribution in [-0.4, -0.2) is 23.4 Å². The molecule has 1 fully saturated rings. The first-order valence-corrected chi connectivity index (χ1v) is 6.48. The van der Waals surface area contributed by atoms with E-state index >= 15 is 0 Å². The summed E-state index contributed by atoms with van der Waals surface area (Å²) >= 11 is 0. The van der Waals surface area contributed by atoms with E-state index in [1.54, 1.807) is 6.07 Å². The summed E-state index contributed by atoms with van der Waals surface area (Å²) < 4.78 is 13.2. The summed E-state index contributed by atoms with van der Waals surface area (Å²) in [4.78, 5) is 0. The fourth-order valence-corrected chi connectivity index (χ4v) is 2.60. The summed E-state index contributed by atoms with van der Waals surface area (Å²) in [6.07, 6.45) is 5.54. The predicted molar refractivity (Wildman–Crippen MR) is 69.2 cm³/mol. The molecule has 3 nitrogen and oxygen atoms in total. The van der Waals surface area contributed by atoms with E-state index in [1.165, 1.54) is 18.6 Å². The monoisotopic (exact) mass is 253 g/mol. The van der Waals surface area contributed by atoms with E-state index in [2.05, 4.69) is 5.32 Å². The fourth-order valence-electron chi connectivity index (χ4n) is 2.60. The number of nitrogens with one attached hydrogen (secondary N) is 1. The van der Waals surface area contributed by atoms with Gasteiger partial charge in [-0.2, -0.15) is 0 Å². The molecule has 18 heavy (non-hydrogen) atoms. The zero-order chi connectivity index (χ0) is 13.0. The van der Waals surface area contributed by atoms with Gasteiger partial charge in [0, 0.05) is 23.7 Å². The number of hydrogen-bond acceptors (Lipinski definition) is 3. The smallest absolute Gasteiger partial charge is 0.166 e. The molecule has 0 heterocycles. The van der Waals surface area contributed by atoms with Gasteiger partial charge in [0.25, 0.3) is 0 Å². The van der Waals surface area contributed by atoms with E-state index in [1.807, 2.05) is 0 Å². The van der Waals surface area contributed by atoms with E-state index in [-0.39, 0.29) is 17.8 Å². The third-order valence-corrected chi connectivity index (χ3v) is 3.86. The van der Waals surface area contributed by atoms with E-state index in [0.29, 0.717) is 12.2 Å². The SMILES string of the molecule is OCC1(CNc2ccc(O)c(F)c2)CCCCC1. The van der Waals surface area contributed by atoms with Gasteiger partial charge in [-0.1, -0.05) is 19.3 Å². The Bertz CT molecular complexity index is 403. The van der Waals surface area contributed by atoms with Crippen LogP contribution in [0.5, 0.6) is 5.75 Å². The first-order chi connectivity index (χ1) is 8.65. The molecule has 0 saturated heterocycles. The number of anilines is 1. The molecule has 2 rings (SSSR count). The summed E-state index contributed by atoms with van der Waals surface area (Å²) in [6, 6.07) is 4.26. The highest BCUT2D eigenvalue weighted by molar-refractivity contribution is 5.47. The van der Waals surface area contributed by atoms with E-state index in [0.717, 1.165) is 25.7 Å². The van der Waals surface area contributed by atoms with Gasteiger partial charge < -0.3 is 15.5 Å². The maximum Gasteiger partial charge on any atom is 0.166 e. The highest BCUT2D eigenvalue weighted by Crippen LogP contribution is 2.36. The molecule has 0 atom stereocenters. The third-order valence-electron chi connectivity index (χ3n) is 3.86. The van der Waals surface area contributed by atoms with E-state index in [4.69, 9.17) is 5.11 Å². The zero-order valence-corrected chi connectivity index (χ0v) is 10.5. The molecule has 1 aromatic rings. The van der Waals surface area contributed by atoms with Gasteiger partial charge >= 0.3 is 0 Å². The van der Waals surface area contributed by atoms with Gasteiger partial charge in [-0.3, -0.25) is 0 Å². The van der Waals surface area contributed by atoms with Crippen molar-refractivity contribution in [2.45, 2.75) is 32.1 Å². The van der Waals surface area contributed by atoms with Crippen molar-refractivity contribution in [2.24, 2.45) is 5.41 Å². The van der Waals surface area contributed by atoms with Crippen molar-refractivity contribution in [3.63, 3.8) is 0 Å². The van der Waals surface area contributed by atoms with Gasteiger partial charge in [0.05, 0.1) is 6.61 Å². The van der Waals surface area contributed by atoms with Gasteiger partial charge in [-0.15, -0.1) is 0 Å². The molecule has 0 unspecified atom stereocenters. The van der Waals surface area contributed by atoms with Gasteiger partial charge in [-0.05, 0) is 25.0 Å². The molecule has 1 aliphatic carbocycles. The topological polar surface area (TPSA) is 52.5 Å². The molecular weight excluding hydrogens is 233 g/mol. The normalized spacial score (nSPS) is 18.6. The van der Waals surface area contributed by atoms with Crippen LogP contribution in [0.15, 0.2) is 18.2 Å². The molecule has 4 heteroatoms. The van der Waals surface area contributed by atoms with Crippen LogP contribution in [0.3, 0.4) is 0 Å². The van der Waals surface area contributed by atoms with Crippen LogP contribution in [0.4, 0.5) is 10.1 Å². The second-order valence-electron chi connectivity index (χ2n) is 5.24. The minimum absolute atomic E-state index is 0.0768. The molecule has 1 aliphatic rings. The van der Waals surface area contributed by atoms with Crippen molar-refractivity contribution < 1.29 is 14.6 Å². The van der Waals surface area contributed by atoms with Crippen molar-refractivity contribution in [1.82, 2.24) is 0 Å². The Balaban J connectivity index is 1.98. The first kappa shape index (κ1) is 13.1. The lowest BCUT2D eigenvalue weighted by Gasteiger charge is -2.36. The standard InChI is InChI=1S/C14H20FNO2/c15-12-8-11(4-5-13(12)18)16-9-14(10-17)6-2-1-3-7-14/h4-5,8,16-18H,1-3,6-7,9-10H2. The van der Waals surface area contributed by atoms with Gasteiger partial charge in [0.15, 0.2) is 11.6 Å². The number of aliphatic hydroxyl groups excluding tert-OH is 1. The van der Waals surface area contributed by atoms with Gasteiger partial charge in [-0.25, -0.2) is 4.39 Å². The second-order valence-corrected chi connectivity index (χ2v) is 5.24. The number of hydrogen-bond donors (Lipinski definition) is 3. The quantitative estimate of drug-likeness (QED) is 0.723. The molecule has 0 spiro atoms. The number of aliphatic hydroxyl groups is 1. The van der Waals surface area contributed by atoms with Crippen molar-refractivity contribution >= 4 is 5.69 Å². The molecule has 0 amide bonds. The molecule has 1 aromatic carbocycles. The number of phenolic OH excluding ortho intramolecular Hbond substituents is 1. The Morgan fingerprint density at radius 2 is 1.94 bits per heavy atom. The van der Waals surface area contributed by atoms with E-state index in [9.17, 15) is 9.50 Å². The summed E-state index contributed by atoms with van der Waals surface area (Å²) in [6.45, 7) is 0.814. The second kappa shape index (κ2) is 5.57. The molecular formula is C14H20FNO2. The van der Waals surface area contributed by atoms with Crippen LogP contribution >= 0.6 is 0 Å². The maximum absolute atomic E-state index is 13.2. The summed E-state index contributed by atoms with van der Waals surface area (Å²) in [5.41, 5.74) is 0.566. The lowest BCUT2D eigenvalue weighted by molar-refractivity contribution is 0.0944. The molecule has 0 aromatic heterocycles. The zero-order valence-electron chi connectivity index (χ0n) is 10.5. The molecule has 100 valence electrons. The van der Waals surface area contributed by atoms with Crippen LogP contribution < -0.4 is 5.32 Å². The van der Waals surface area contributed by atoms with Gasteiger partial charge in [0.2, 0.25) is 0 Å². The van der Waals surface area contributed by atoms with Crippen LogP contribution in [-0.2, 0) is 0 Å². The maximum atomic E-state index is 13.2. The summed E-state index contributed by atoms with van der Waals surface area (Å²) in [7, 11) is 0. The summed E-state index contributed by atoms with van der Waals surface area (Å²) in [5, 5.41) is 21.8. The number of rotatable bonds is 4. The number of aromatic hydroxyl groups is 1. The lowest BCUT2D eigenvalue weighted by atomic mass is 9.74. The number of halogens is 1. The fraction of sp³-hybridized carbons (Fsp3) is 0.571. The number of benzene rings is 1. The predicted octanol–water partition coefficient (Wildman–Crippen LogP) is 2.89. The minimum atomic E-state index is -0.623. The first-order valence-electron chi connectivity index (χ1n) is 6.48. The van der Waals surface area contributed by atoms with Gasteiger partial charge in [0.1, 0.15) is 0 Å². The Morgan fingerprint density at radius 3 is 2.56 bits per heavy atom. The van der Waals surface area contributed by atoms with Crippen LogP contribution in [0, 0.1) is 11.2 Å². The van der Waals surface area contributed by atoms with E-state index < -0.39 is 5.82 Å². The Kier molecular flexibility index (Phi) is 4.07. The Labute approximate surface area is 107 Å². The highest BCUT2D eigenvalue weighted by atomic mass is 19.1. The molecule has 0 aliphatic heterocycles. The average Bonchev–Trinajstić information content (AvgIpc) is 2.41. The third kappa shape index (κ3) is 2.93. The van der Waals surface area contributed by atoms with Crippen LogP contribution in [0.1, 0.15) is 32.1 Å². The highest BCUT2D eigenvalue weighted by Gasteiger charge is 2.31. The van der Waals surface area contributed by atoms with Crippen molar-refractivity contribution in [1.29, 1.82) is 0 Å². The lowest BCUT2D eigenvalue weighted by Crippen LogP contribution is -2.35. The van der Waals surface area contributed by atoms with Crippen LogP contribution in [0.25, 0.3) is 0 Å². The molecule has 0 radical (unpaired) electrons. The van der Waals surface area contributed by atoms with Crippen molar-refractivity contribution in [2.75, 3.05) is 18.5 Å². The largest absolute Gasteiger partial charge is 0.505 e. The Morgan fingerprint density at radius 1 is 1.22 bits per heavy atom. The molecule has 1 saturated carbocycles. The summed E-state index contributed by atoms with van der Waals surface area (Å²) in [5.74, 6) is -0.961. The van der Waals surface area contributed by atoms with Crippen molar-refractivity contribution in [3.8, 4) is 5.75 Å². The van der Waals surface area contributed by atoms with Crippen molar-refractivity contribution in [3.05, 3.63) is 24.0 Å².